The molecule has 0 saturated carbocycles. The number of hydrogen-bond donors (Lipinski definition) is 1. The van der Waals surface area contributed by atoms with Gasteiger partial charge in [-0.2, -0.15) is 0 Å². The molecule has 0 bridgehead atoms. The first-order valence-electron chi connectivity index (χ1n) is 7.25. The predicted molar refractivity (Wildman–Crippen MR) is 75.3 cm³/mol. The van der Waals surface area contributed by atoms with Gasteiger partial charge in [-0.15, -0.1) is 5.06 Å². The zero-order chi connectivity index (χ0) is 17.7. The van der Waals surface area contributed by atoms with E-state index in [1.165, 1.54) is 0 Å². The van der Waals surface area contributed by atoms with Gasteiger partial charge in [0.25, 0.3) is 23.6 Å². The highest BCUT2D eigenvalue weighted by Crippen LogP contribution is 2.11. The first-order chi connectivity index (χ1) is 11.4. The zero-order valence-corrected chi connectivity index (χ0v) is 12.6. The predicted octanol–water partition coefficient (Wildman–Crippen LogP) is -1.58. The van der Waals surface area contributed by atoms with Crippen molar-refractivity contribution in [3.63, 3.8) is 0 Å². The molecule has 10 nitrogen and oxygen atoms in total. The summed E-state index contributed by atoms with van der Waals surface area (Å²) in [5.74, 6) is -3.49. The van der Waals surface area contributed by atoms with Crippen LogP contribution >= 0.6 is 0 Å². The first kappa shape index (κ1) is 17.3. The minimum atomic E-state index is -0.943. The van der Waals surface area contributed by atoms with E-state index in [0.29, 0.717) is 5.06 Å². The standard InChI is InChI=1S/C14H15N3O7/c18-9(2-1-7-16-10(19)3-4-11(16)20)15-8-14(23)24-17-12(21)5-6-13(17)22/h3-4H,1-2,5-8H2,(H,15,18). The van der Waals surface area contributed by atoms with E-state index >= 15 is 0 Å². The second-order valence-electron chi connectivity index (χ2n) is 5.09. The molecule has 1 fully saturated rings. The Labute approximate surface area is 136 Å². The van der Waals surface area contributed by atoms with E-state index in [2.05, 4.69) is 10.2 Å². The largest absolute Gasteiger partial charge is 0.352 e. The molecule has 10 heteroatoms. The number of amides is 5. The lowest BCUT2D eigenvalue weighted by atomic mass is 10.3. The van der Waals surface area contributed by atoms with E-state index in [1.807, 2.05) is 0 Å². The van der Waals surface area contributed by atoms with Crippen LogP contribution in [-0.2, 0) is 33.6 Å². The van der Waals surface area contributed by atoms with E-state index in [4.69, 9.17) is 0 Å². The lowest BCUT2D eigenvalue weighted by molar-refractivity contribution is -0.196. The van der Waals surface area contributed by atoms with Crippen molar-refractivity contribution in [1.82, 2.24) is 15.3 Å². The van der Waals surface area contributed by atoms with Crippen LogP contribution in [0.3, 0.4) is 0 Å². The SMILES string of the molecule is O=C(CCCN1C(=O)C=CC1=O)NCC(=O)ON1C(=O)CCC1=O. The maximum absolute atomic E-state index is 11.6. The third kappa shape index (κ3) is 4.24. The Kier molecular flexibility index (Phi) is 5.40. The summed E-state index contributed by atoms with van der Waals surface area (Å²) in [6, 6.07) is 0. The fraction of sp³-hybridized carbons (Fsp3) is 0.429. The lowest BCUT2D eigenvalue weighted by Gasteiger charge is -2.14. The second kappa shape index (κ2) is 7.49. The van der Waals surface area contributed by atoms with Gasteiger partial charge in [-0.25, -0.2) is 4.79 Å². The van der Waals surface area contributed by atoms with E-state index in [0.717, 1.165) is 17.1 Å². The highest BCUT2D eigenvalue weighted by Gasteiger charge is 2.32. The van der Waals surface area contributed by atoms with Crippen molar-refractivity contribution in [1.29, 1.82) is 0 Å². The Hall–Kier alpha value is -3.04. The Morgan fingerprint density at radius 2 is 1.62 bits per heavy atom. The molecule has 0 aromatic carbocycles. The summed E-state index contributed by atoms with van der Waals surface area (Å²) in [6.45, 7) is -0.404. The van der Waals surface area contributed by atoms with Crippen LogP contribution in [-0.4, -0.2) is 58.6 Å². The van der Waals surface area contributed by atoms with Gasteiger partial charge >= 0.3 is 5.97 Å². The highest BCUT2D eigenvalue weighted by atomic mass is 16.7. The van der Waals surface area contributed by atoms with E-state index < -0.39 is 42.0 Å². The number of rotatable bonds is 7. The summed E-state index contributed by atoms with van der Waals surface area (Å²) in [4.78, 5) is 73.7. The van der Waals surface area contributed by atoms with Crippen LogP contribution in [0.15, 0.2) is 12.2 Å². The second-order valence-corrected chi connectivity index (χ2v) is 5.09. The molecule has 24 heavy (non-hydrogen) atoms. The van der Waals surface area contributed by atoms with Crippen LogP contribution in [0.2, 0.25) is 0 Å². The topological polar surface area (TPSA) is 130 Å². The summed E-state index contributed by atoms with van der Waals surface area (Å²) in [6.07, 6.45) is 2.51. The van der Waals surface area contributed by atoms with Crippen molar-refractivity contribution in [3.8, 4) is 0 Å². The van der Waals surface area contributed by atoms with Gasteiger partial charge in [-0.3, -0.25) is 28.9 Å². The van der Waals surface area contributed by atoms with Crippen molar-refractivity contribution in [2.45, 2.75) is 25.7 Å². The monoisotopic (exact) mass is 337 g/mol. The van der Waals surface area contributed by atoms with Gasteiger partial charge in [0.2, 0.25) is 5.91 Å². The molecule has 2 rings (SSSR count). The molecule has 0 aromatic rings. The number of nitrogens with zero attached hydrogens (tertiary/aromatic N) is 2. The number of imide groups is 2. The Balaban J connectivity index is 1.63. The molecule has 0 unspecified atom stereocenters. The fourth-order valence-corrected chi connectivity index (χ4v) is 2.10. The molecule has 2 aliphatic heterocycles. The number of carbonyl (C=O) groups excluding carboxylic acids is 6. The van der Waals surface area contributed by atoms with Crippen LogP contribution in [0.1, 0.15) is 25.7 Å². The molecule has 1 N–H and O–H groups in total. The van der Waals surface area contributed by atoms with Crippen LogP contribution in [0.5, 0.6) is 0 Å². The molecule has 2 heterocycles. The number of hydrogen-bond acceptors (Lipinski definition) is 7. The molecule has 0 radical (unpaired) electrons. The minimum Gasteiger partial charge on any atom is -0.345 e. The molecule has 0 aliphatic carbocycles. The molecule has 5 amide bonds. The van der Waals surface area contributed by atoms with E-state index in [9.17, 15) is 28.8 Å². The van der Waals surface area contributed by atoms with Gasteiger partial charge in [-0.05, 0) is 6.42 Å². The lowest BCUT2D eigenvalue weighted by Crippen LogP contribution is -2.38. The molecular formula is C14H15N3O7. The van der Waals surface area contributed by atoms with Crippen molar-refractivity contribution in [2.24, 2.45) is 0 Å². The third-order valence-electron chi connectivity index (χ3n) is 3.31. The van der Waals surface area contributed by atoms with Crippen LogP contribution in [0.4, 0.5) is 0 Å². The van der Waals surface area contributed by atoms with Crippen LogP contribution < -0.4 is 5.32 Å². The molecule has 128 valence electrons. The van der Waals surface area contributed by atoms with Gasteiger partial charge in [0.15, 0.2) is 0 Å². The number of carbonyl (C=O) groups is 6. The average molecular weight is 337 g/mol. The molecule has 2 aliphatic rings. The smallest absolute Gasteiger partial charge is 0.345 e. The molecule has 0 aromatic heterocycles. The zero-order valence-electron chi connectivity index (χ0n) is 12.6. The Bertz CT molecular complexity index is 606. The van der Waals surface area contributed by atoms with Gasteiger partial charge in [-0.1, -0.05) is 0 Å². The summed E-state index contributed by atoms with van der Waals surface area (Å²) in [5.41, 5.74) is 0. The molecular weight excluding hydrogens is 322 g/mol. The maximum Gasteiger partial charge on any atom is 0.352 e. The summed E-state index contributed by atoms with van der Waals surface area (Å²) in [5, 5.41) is 2.66. The van der Waals surface area contributed by atoms with Gasteiger partial charge in [0, 0.05) is 38.0 Å². The van der Waals surface area contributed by atoms with Crippen molar-refractivity contribution >= 4 is 35.5 Å². The van der Waals surface area contributed by atoms with Crippen LogP contribution in [0.25, 0.3) is 0 Å². The van der Waals surface area contributed by atoms with Crippen molar-refractivity contribution in [2.75, 3.05) is 13.1 Å². The van der Waals surface area contributed by atoms with Gasteiger partial charge < -0.3 is 10.2 Å². The van der Waals surface area contributed by atoms with Gasteiger partial charge in [0.05, 0.1) is 0 Å². The Morgan fingerprint density at radius 3 is 2.21 bits per heavy atom. The van der Waals surface area contributed by atoms with E-state index in [-0.39, 0.29) is 32.2 Å². The third-order valence-corrected chi connectivity index (χ3v) is 3.31. The van der Waals surface area contributed by atoms with E-state index in [1.54, 1.807) is 0 Å². The normalized spacial score (nSPS) is 17.0. The van der Waals surface area contributed by atoms with Crippen LogP contribution in [0, 0.1) is 0 Å². The number of nitrogens with one attached hydrogen (secondary N) is 1. The maximum atomic E-state index is 11.6. The molecule has 0 spiro atoms. The quantitative estimate of drug-likeness (QED) is 0.554. The summed E-state index contributed by atoms with van der Waals surface area (Å²) >= 11 is 0. The van der Waals surface area contributed by atoms with Crippen molar-refractivity contribution < 1.29 is 33.6 Å². The average Bonchev–Trinajstić information content (AvgIpc) is 3.02. The molecule has 1 saturated heterocycles. The minimum absolute atomic E-state index is 0.00802. The highest BCUT2D eigenvalue weighted by molar-refractivity contribution is 6.12. The Morgan fingerprint density at radius 1 is 1.04 bits per heavy atom. The first-order valence-corrected chi connectivity index (χ1v) is 7.25. The number of hydroxylamine groups is 2. The molecule has 0 atom stereocenters. The summed E-state index contributed by atoms with van der Waals surface area (Å²) < 4.78 is 0. The van der Waals surface area contributed by atoms with Gasteiger partial charge in [0.1, 0.15) is 6.54 Å². The summed E-state index contributed by atoms with van der Waals surface area (Å²) in [7, 11) is 0. The van der Waals surface area contributed by atoms with Crippen molar-refractivity contribution in [3.05, 3.63) is 12.2 Å². The fourth-order valence-electron chi connectivity index (χ4n) is 2.10.